The molecule has 1 unspecified atom stereocenters. The fourth-order valence-electron chi connectivity index (χ4n) is 4.08. The molecule has 3 aromatic carbocycles. The van der Waals surface area contributed by atoms with Crippen molar-refractivity contribution in [1.82, 2.24) is 14.7 Å². The van der Waals surface area contributed by atoms with E-state index in [0.29, 0.717) is 27.5 Å². The Balaban J connectivity index is 1.24. The zero-order valence-corrected chi connectivity index (χ0v) is 21.3. The minimum atomic E-state index is -1.17. The molecule has 196 valence electrons. The molecule has 2 aromatic heterocycles. The maximum atomic E-state index is 13.8. The standard InChI is InChI=1S/C30H23ClFN3O4/c31-23-9-7-20(8-10-23)21-13-14-35-17-27(33-28(35)16-21)29(36)34-26(30(37)38)15-19-5-11-24(12-6-19)39-18-22-3-1-2-4-25(22)32/h1-14,16-17,26H,15,18H2,(H,34,36)(H,37,38). The number of benzene rings is 3. The van der Waals surface area contributed by atoms with Gasteiger partial charge in [0.2, 0.25) is 0 Å². The van der Waals surface area contributed by atoms with Crippen LogP contribution < -0.4 is 10.1 Å². The van der Waals surface area contributed by atoms with Crippen LogP contribution in [0.1, 0.15) is 21.6 Å². The second kappa shape index (κ2) is 11.4. The molecule has 2 heterocycles. The summed E-state index contributed by atoms with van der Waals surface area (Å²) in [6, 6.07) is 23.1. The van der Waals surface area contributed by atoms with Gasteiger partial charge in [-0.05, 0) is 59.2 Å². The molecular weight excluding hydrogens is 521 g/mol. The Labute approximate surface area is 228 Å². The van der Waals surface area contributed by atoms with Crippen LogP contribution in [0.4, 0.5) is 4.39 Å². The third-order valence-electron chi connectivity index (χ3n) is 6.19. The molecule has 0 spiro atoms. The number of nitrogens with zero attached hydrogens (tertiary/aromatic N) is 2. The molecule has 5 rings (SSSR count). The highest BCUT2D eigenvalue weighted by atomic mass is 35.5. The van der Waals surface area contributed by atoms with Crippen LogP contribution in [0.2, 0.25) is 5.02 Å². The average Bonchev–Trinajstić information content (AvgIpc) is 3.37. The van der Waals surface area contributed by atoms with E-state index < -0.39 is 17.9 Å². The molecule has 0 saturated heterocycles. The molecule has 1 atom stereocenters. The van der Waals surface area contributed by atoms with Gasteiger partial charge >= 0.3 is 5.97 Å². The third-order valence-corrected chi connectivity index (χ3v) is 6.44. The van der Waals surface area contributed by atoms with Gasteiger partial charge in [0, 0.05) is 29.4 Å². The predicted molar refractivity (Wildman–Crippen MR) is 145 cm³/mol. The molecule has 7 nitrogen and oxygen atoms in total. The van der Waals surface area contributed by atoms with Gasteiger partial charge in [-0.3, -0.25) is 4.79 Å². The number of fused-ring (bicyclic) bond motifs is 1. The molecular formula is C30H23ClFN3O4. The molecule has 9 heteroatoms. The van der Waals surface area contributed by atoms with Crippen molar-refractivity contribution in [3.05, 3.63) is 125 Å². The van der Waals surface area contributed by atoms with Gasteiger partial charge in [-0.25, -0.2) is 14.2 Å². The Morgan fingerprint density at radius 2 is 1.74 bits per heavy atom. The van der Waals surface area contributed by atoms with Crippen molar-refractivity contribution in [3.63, 3.8) is 0 Å². The summed E-state index contributed by atoms with van der Waals surface area (Å²) in [6.07, 6.45) is 3.40. The van der Waals surface area contributed by atoms with Crippen LogP contribution in [0.5, 0.6) is 5.75 Å². The fraction of sp³-hybridized carbons (Fsp3) is 0.100. The molecule has 0 aliphatic rings. The van der Waals surface area contributed by atoms with Crippen LogP contribution in [-0.4, -0.2) is 32.4 Å². The third kappa shape index (κ3) is 6.25. The molecule has 0 aliphatic carbocycles. The van der Waals surface area contributed by atoms with E-state index in [4.69, 9.17) is 16.3 Å². The van der Waals surface area contributed by atoms with E-state index in [0.717, 1.165) is 11.1 Å². The lowest BCUT2D eigenvalue weighted by atomic mass is 10.1. The van der Waals surface area contributed by atoms with Gasteiger partial charge in [-0.15, -0.1) is 0 Å². The summed E-state index contributed by atoms with van der Waals surface area (Å²) < 4.78 is 21.1. The van der Waals surface area contributed by atoms with Crippen molar-refractivity contribution in [3.8, 4) is 16.9 Å². The van der Waals surface area contributed by atoms with Gasteiger partial charge < -0.3 is 19.6 Å². The summed E-state index contributed by atoms with van der Waals surface area (Å²) >= 11 is 5.97. The minimum absolute atomic E-state index is 0.0583. The van der Waals surface area contributed by atoms with E-state index in [9.17, 15) is 19.1 Å². The molecule has 0 aliphatic heterocycles. The number of hydrogen-bond donors (Lipinski definition) is 2. The first-order chi connectivity index (χ1) is 18.9. The number of nitrogens with one attached hydrogen (secondary N) is 1. The summed E-state index contributed by atoms with van der Waals surface area (Å²) in [5, 5.41) is 12.9. The summed E-state index contributed by atoms with van der Waals surface area (Å²) in [6.45, 7) is 0.0695. The number of pyridine rings is 1. The number of ether oxygens (including phenoxy) is 1. The summed E-state index contributed by atoms with van der Waals surface area (Å²) in [5.41, 5.74) is 3.62. The summed E-state index contributed by atoms with van der Waals surface area (Å²) in [5.74, 6) is -1.59. The Hall–Kier alpha value is -4.69. The Morgan fingerprint density at radius 3 is 2.46 bits per heavy atom. The van der Waals surface area contributed by atoms with Gasteiger partial charge in [0.15, 0.2) is 0 Å². The first-order valence-electron chi connectivity index (χ1n) is 12.1. The first kappa shape index (κ1) is 25.9. The Bertz CT molecular complexity index is 1630. The van der Waals surface area contributed by atoms with Crippen molar-refractivity contribution < 1.29 is 23.8 Å². The number of hydrogen-bond acceptors (Lipinski definition) is 4. The molecule has 0 bridgehead atoms. The van der Waals surface area contributed by atoms with Crippen molar-refractivity contribution in [2.24, 2.45) is 0 Å². The highest BCUT2D eigenvalue weighted by Crippen LogP contribution is 2.23. The number of carbonyl (C=O) groups is 2. The van der Waals surface area contributed by atoms with Crippen LogP contribution in [-0.2, 0) is 17.8 Å². The number of amides is 1. The van der Waals surface area contributed by atoms with E-state index in [-0.39, 0.29) is 24.5 Å². The van der Waals surface area contributed by atoms with Crippen molar-refractivity contribution in [2.75, 3.05) is 0 Å². The molecule has 0 fully saturated rings. The van der Waals surface area contributed by atoms with Gasteiger partial charge in [0.1, 0.15) is 35.6 Å². The fourth-order valence-corrected chi connectivity index (χ4v) is 4.21. The molecule has 0 radical (unpaired) electrons. The van der Waals surface area contributed by atoms with Gasteiger partial charge in [0.25, 0.3) is 5.91 Å². The maximum absolute atomic E-state index is 13.8. The number of halogens is 2. The number of aromatic nitrogens is 2. The van der Waals surface area contributed by atoms with E-state index in [2.05, 4.69) is 10.3 Å². The largest absolute Gasteiger partial charge is 0.489 e. The van der Waals surface area contributed by atoms with Crippen LogP contribution >= 0.6 is 11.6 Å². The maximum Gasteiger partial charge on any atom is 0.326 e. The quantitative estimate of drug-likeness (QED) is 0.245. The second-order valence-electron chi connectivity index (χ2n) is 8.91. The lowest BCUT2D eigenvalue weighted by Crippen LogP contribution is -2.42. The molecule has 39 heavy (non-hydrogen) atoms. The summed E-state index contributed by atoms with van der Waals surface area (Å²) in [4.78, 5) is 29.2. The molecule has 5 aromatic rings. The predicted octanol–water partition coefficient (Wildman–Crippen LogP) is 5.80. The van der Waals surface area contributed by atoms with E-state index in [1.54, 1.807) is 71.4 Å². The van der Waals surface area contributed by atoms with Crippen LogP contribution in [0.3, 0.4) is 0 Å². The van der Waals surface area contributed by atoms with Crippen LogP contribution in [0.25, 0.3) is 16.8 Å². The van der Waals surface area contributed by atoms with E-state index in [1.165, 1.54) is 6.07 Å². The van der Waals surface area contributed by atoms with Crippen molar-refractivity contribution >= 4 is 29.1 Å². The smallest absolute Gasteiger partial charge is 0.326 e. The normalized spacial score (nSPS) is 11.7. The average molecular weight is 544 g/mol. The van der Waals surface area contributed by atoms with Gasteiger partial charge in [-0.1, -0.05) is 54.1 Å². The monoisotopic (exact) mass is 543 g/mol. The van der Waals surface area contributed by atoms with Gasteiger partial charge in [-0.2, -0.15) is 0 Å². The number of rotatable bonds is 9. The van der Waals surface area contributed by atoms with Crippen LogP contribution in [0, 0.1) is 5.82 Å². The van der Waals surface area contributed by atoms with Crippen molar-refractivity contribution in [2.45, 2.75) is 19.1 Å². The first-order valence-corrected chi connectivity index (χ1v) is 12.5. The SMILES string of the molecule is O=C(NC(Cc1ccc(OCc2ccccc2F)cc1)C(=O)O)c1cn2ccc(-c3ccc(Cl)cc3)cc2n1. The molecule has 2 N–H and O–H groups in total. The Morgan fingerprint density at radius 1 is 1.00 bits per heavy atom. The zero-order valence-electron chi connectivity index (χ0n) is 20.6. The lowest BCUT2D eigenvalue weighted by Gasteiger charge is -2.14. The molecule has 1 amide bonds. The van der Waals surface area contributed by atoms with Crippen LogP contribution in [0.15, 0.2) is 97.3 Å². The number of aliphatic carboxylic acids is 1. The number of carboxylic acids is 1. The van der Waals surface area contributed by atoms with E-state index in [1.807, 2.05) is 24.3 Å². The summed E-state index contributed by atoms with van der Waals surface area (Å²) in [7, 11) is 0. The van der Waals surface area contributed by atoms with Crippen molar-refractivity contribution in [1.29, 1.82) is 0 Å². The minimum Gasteiger partial charge on any atom is -0.489 e. The highest BCUT2D eigenvalue weighted by molar-refractivity contribution is 6.30. The number of carbonyl (C=O) groups excluding carboxylic acids is 1. The number of carboxylic acid groups (broad SMARTS) is 1. The highest BCUT2D eigenvalue weighted by Gasteiger charge is 2.23. The lowest BCUT2D eigenvalue weighted by molar-refractivity contribution is -0.139. The topological polar surface area (TPSA) is 92.9 Å². The Kier molecular flexibility index (Phi) is 7.56. The molecule has 0 saturated carbocycles. The zero-order chi connectivity index (χ0) is 27.4. The second-order valence-corrected chi connectivity index (χ2v) is 9.34. The van der Waals surface area contributed by atoms with Gasteiger partial charge in [0.05, 0.1) is 0 Å². The van der Waals surface area contributed by atoms with E-state index >= 15 is 0 Å². The number of imidazole rings is 1.